The van der Waals surface area contributed by atoms with E-state index in [-0.39, 0.29) is 12.6 Å². The molecule has 1 amide bonds. The summed E-state index contributed by atoms with van der Waals surface area (Å²) >= 11 is 6.82. The van der Waals surface area contributed by atoms with E-state index in [1.165, 1.54) is 13.3 Å². The number of nitrogens with zero attached hydrogens (tertiary/aromatic N) is 1. The average molecular weight is 496 g/mol. The molecule has 0 unspecified atom stereocenters. The summed E-state index contributed by atoms with van der Waals surface area (Å²) < 4.78 is 23.2. The van der Waals surface area contributed by atoms with Gasteiger partial charge in [0.1, 0.15) is 11.3 Å². The lowest BCUT2D eigenvalue weighted by molar-refractivity contribution is 0.0929. The molecule has 9 heteroatoms. The van der Waals surface area contributed by atoms with Crippen molar-refractivity contribution in [2.24, 2.45) is 5.10 Å². The second-order valence-corrected chi connectivity index (χ2v) is 7.33. The lowest BCUT2D eigenvalue weighted by Gasteiger charge is -2.05. The van der Waals surface area contributed by atoms with Crippen molar-refractivity contribution < 1.29 is 23.4 Å². The van der Waals surface area contributed by atoms with Gasteiger partial charge in [0.2, 0.25) is 6.79 Å². The molecule has 1 N–H and O–H groups in total. The number of benzene rings is 2. The normalized spacial score (nSPS) is 12.7. The van der Waals surface area contributed by atoms with E-state index < -0.39 is 5.91 Å². The third kappa shape index (κ3) is 3.52. The number of carbonyl (C=O) groups excluding carboxylic acids is 1. The molecule has 1 aliphatic rings. The molecule has 7 nitrogen and oxygen atoms in total. The number of methoxy groups -OCH3 is 1. The van der Waals surface area contributed by atoms with Crippen LogP contribution in [0.25, 0.3) is 11.0 Å². The van der Waals surface area contributed by atoms with Crippen LogP contribution in [-0.2, 0) is 0 Å². The van der Waals surface area contributed by atoms with Gasteiger partial charge in [-0.15, -0.1) is 0 Å². The van der Waals surface area contributed by atoms with Gasteiger partial charge in [-0.3, -0.25) is 4.79 Å². The molecule has 0 radical (unpaired) electrons. The molecule has 0 aliphatic carbocycles. The highest BCUT2D eigenvalue weighted by atomic mass is 79.9. The van der Waals surface area contributed by atoms with Crippen molar-refractivity contribution in [3.8, 4) is 17.2 Å². The Labute approximate surface area is 170 Å². The van der Waals surface area contributed by atoms with E-state index in [9.17, 15) is 4.79 Å². The summed E-state index contributed by atoms with van der Waals surface area (Å²) in [5.41, 5.74) is 3.67. The summed E-state index contributed by atoms with van der Waals surface area (Å²) in [6.07, 6.45) is 1.47. The summed E-state index contributed by atoms with van der Waals surface area (Å²) in [6.45, 7) is 0.160. The lowest BCUT2D eigenvalue weighted by atomic mass is 10.2. The van der Waals surface area contributed by atoms with Gasteiger partial charge in [-0.2, -0.15) is 5.10 Å². The van der Waals surface area contributed by atoms with Gasteiger partial charge in [-0.25, -0.2) is 5.43 Å². The fraction of sp³-hybridized carbons (Fsp3) is 0.111. The van der Waals surface area contributed by atoms with Crippen LogP contribution in [-0.4, -0.2) is 26.0 Å². The van der Waals surface area contributed by atoms with Crippen molar-refractivity contribution in [3.63, 3.8) is 0 Å². The van der Waals surface area contributed by atoms with Crippen molar-refractivity contribution >= 4 is 55.0 Å². The Bertz CT molecular complexity index is 1080. The minimum Gasteiger partial charge on any atom is -0.496 e. The van der Waals surface area contributed by atoms with Crippen molar-refractivity contribution in [1.29, 1.82) is 0 Å². The zero-order valence-corrected chi connectivity index (χ0v) is 17.1. The number of rotatable bonds is 4. The van der Waals surface area contributed by atoms with Gasteiger partial charge < -0.3 is 18.6 Å². The Balaban J connectivity index is 1.53. The number of furan rings is 1. The fourth-order valence-electron chi connectivity index (χ4n) is 2.62. The Morgan fingerprint density at radius 1 is 1.19 bits per heavy atom. The van der Waals surface area contributed by atoms with Crippen LogP contribution >= 0.6 is 31.9 Å². The minimum atomic E-state index is -0.467. The van der Waals surface area contributed by atoms with Crippen molar-refractivity contribution in [3.05, 3.63) is 50.6 Å². The van der Waals surface area contributed by atoms with E-state index in [0.29, 0.717) is 28.4 Å². The number of halogens is 2. The van der Waals surface area contributed by atoms with E-state index in [0.717, 1.165) is 14.3 Å². The molecular formula is C18H12Br2N2O5. The van der Waals surface area contributed by atoms with Crippen LogP contribution in [0.3, 0.4) is 0 Å². The highest BCUT2D eigenvalue weighted by Crippen LogP contribution is 2.37. The van der Waals surface area contributed by atoms with Gasteiger partial charge >= 0.3 is 5.91 Å². The molecule has 0 bridgehead atoms. The molecule has 3 aromatic rings. The summed E-state index contributed by atoms with van der Waals surface area (Å²) in [6, 6.07) is 8.79. The lowest BCUT2D eigenvalue weighted by Crippen LogP contribution is -2.16. The van der Waals surface area contributed by atoms with Gasteiger partial charge in [0.05, 0.1) is 17.8 Å². The standard InChI is InChI=1S/C18H12Br2N2O5/c1-24-13-6-15-14(25-8-26-15)4-10(13)7-21-22-18(23)16-3-9-2-11(19)5-12(20)17(9)27-16/h2-7H,8H2,1H3,(H,22,23)/b21-7+. The van der Waals surface area contributed by atoms with Crippen LogP contribution in [0, 0.1) is 0 Å². The van der Waals surface area contributed by atoms with Crippen molar-refractivity contribution in [2.45, 2.75) is 0 Å². The predicted molar refractivity (Wildman–Crippen MR) is 106 cm³/mol. The SMILES string of the molecule is COc1cc2c(cc1/C=N/NC(=O)c1cc3cc(Br)cc(Br)c3o1)OCO2. The maximum atomic E-state index is 12.3. The monoisotopic (exact) mass is 494 g/mol. The van der Waals surface area contributed by atoms with Crippen LogP contribution < -0.4 is 19.6 Å². The first-order chi connectivity index (χ1) is 13.0. The van der Waals surface area contributed by atoms with Gasteiger partial charge in [0, 0.05) is 21.5 Å². The fourth-order valence-corrected chi connectivity index (χ4v) is 3.96. The zero-order valence-electron chi connectivity index (χ0n) is 13.9. The highest BCUT2D eigenvalue weighted by Gasteiger charge is 2.17. The van der Waals surface area contributed by atoms with Crippen LogP contribution in [0.4, 0.5) is 0 Å². The molecule has 0 fully saturated rings. The molecule has 0 saturated heterocycles. The molecule has 4 rings (SSSR count). The number of ether oxygens (including phenoxy) is 3. The third-order valence-electron chi connectivity index (χ3n) is 3.85. The molecular weight excluding hydrogens is 484 g/mol. The predicted octanol–water partition coefficient (Wildman–Crippen LogP) is 4.46. The second kappa shape index (κ2) is 7.24. The zero-order chi connectivity index (χ0) is 19.0. The highest BCUT2D eigenvalue weighted by molar-refractivity contribution is 9.11. The minimum absolute atomic E-state index is 0.151. The quantitative estimate of drug-likeness (QED) is 0.427. The molecule has 1 aromatic heterocycles. The summed E-state index contributed by atoms with van der Waals surface area (Å²) in [5, 5.41) is 4.77. The van der Waals surface area contributed by atoms with Gasteiger partial charge in [-0.05, 0) is 40.2 Å². The number of hydrazone groups is 1. The third-order valence-corrected chi connectivity index (χ3v) is 4.90. The first kappa shape index (κ1) is 17.9. The first-order valence-electron chi connectivity index (χ1n) is 7.75. The van der Waals surface area contributed by atoms with Gasteiger partial charge in [0.15, 0.2) is 17.3 Å². The Morgan fingerprint density at radius 3 is 2.74 bits per heavy atom. The molecule has 0 atom stereocenters. The second-order valence-electron chi connectivity index (χ2n) is 5.56. The maximum absolute atomic E-state index is 12.3. The smallest absolute Gasteiger partial charge is 0.307 e. The van der Waals surface area contributed by atoms with Crippen molar-refractivity contribution in [1.82, 2.24) is 5.43 Å². The first-order valence-corrected chi connectivity index (χ1v) is 9.33. The van der Waals surface area contributed by atoms with Crippen LogP contribution in [0.1, 0.15) is 16.1 Å². The number of amides is 1. The molecule has 2 heterocycles. The molecule has 27 heavy (non-hydrogen) atoms. The number of carbonyl (C=O) groups is 1. The number of fused-ring (bicyclic) bond motifs is 2. The topological polar surface area (TPSA) is 82.3 Å². The van der Waals surface area contributed by atoms with Gasteiger partial charge in [0.25, 0.3) is 0 Å². The molecule has 0 saturated carbocycles. The van der Waals surface area contributed by atoms with E-state index in [1.54, 1.807) is 18.2 Å². The average Bonchev–Trinajstić information content (AvgIpc) is 3.27. The molecule has 138 valence electrons. The molecule has 1 aliphatic heterocycles. The van der Waals surface area contributed by atoms with Crippen LogP contribution in [0.5, 0.6) is 17.2 Å². The Hall–Kier alpha value is -2.52. The van der Waals surface area contributed by atoms with Crippen molar-refractivity contribution in [2.75, 3.05) is 13.9 Å². The van der Waals surface area contributed by atoms with E-state index >= 15 is 0 Å². The Morgan fingerprint density at radius 2 is 1.96 bits per heavy atom. The van der Waals surface area contributed by atoms with Crippen LogP contribution in [0.2, 0.25) is 0 Å². The maximum Gasteiger partial charge on any atom is 0.307 e. The summed E-state index contributed by atoms with van der Waals surface area (Å²) in [5.74, 6) is 1.43. The molecule has 2 aromatic carbocycles. The number of hydrogen-bond donors (Lipinski definition) is 1. The van der Waals surface area contributed by atoms with Crippen LogP contribution in [0.15, 0.2) is 48.8 Å². The van der Waals surface area contributed by atoms with E-state index in [4.69, 9.17) is 18.6 Å². The number of hydrogen-bond acceptors (Lipinski definition) is 6. The summed E-state index contributed by atoms with van der Waals surface area (Å²) in [4.78, 5) is 12.3. The summed E-state index contributed by atoms with van der Waals surface area (Å²) in [7, 11) is 1.54. The van der Waals surface area contributed by atoms with Gasteiger partial charge in [-0.1, -0.05) is 15.9 Å². The molecule has 0 spiro atoms. The van der Waals surface area contributed by atoms with E-state index in [1.807, 2.05) is 12.1 Å². The number of nitrogens with one attached hydrogen (secondary N) is 1. The largest absolute Gasteiger partial charge is 0.496 e. The van der Waals surface area contributed by atoms with E-state index in [2.05, 4.69) is 42.4 Å². The Kier molecular flexibility index (Phi) is 4.79.